The number of benzene rings is 1. The first-order valence-electron chi connectivity index (χ1n) is 5.26. The molecular weight excluding hydrogens is 236 g/mol. The zero-order valence-electron chi connectivity index (χ0n) is 10.4. The highest BCUT2D eigenvalue weighted by atomic mass is 16.5. The summed E-state index contributed by atoms with van der Waals surface area (Å²) >= 11 is 0. The molecule has 0 aliphatic rings. The molecule has 1 aromatic carbocycles. The zero-order chi connectivity index (χ0) is 13.7. The van der Waals surface area contributed by atoms with E-state index in [1.807, 2.05) is 0 Å². The van der Waals surface area contributed by atoms with Crippen LogP contribution >= 0.6 is 0 Å². The fourth-order valence-electron chi connectivity index (χ4n) is 1.34. The van der Waals surface area contributed by atoms with Gasteiger partial charge in [0.1, 0.15) is 0 Å². The molecule has 0 radical (unpaired) electrons. The van der Waals surface area contributed by atoms with Crippen LogP contribution in [0.5, 0.6) is 5.75 Å². The Morgan fingerprint density at radius 3 is 2.11 bits per heavy atom. The molecule has 0 saturated heterocycles. The smallest absolute Gasteiger partial charge is 0.308 e. The van der Waals surface area contributed by atoms with Crippen LogP contribution in [0, 0.1) is 0 Å². The summed E-state index contributed by atoms with van der Waals surface area (Å²) in [7, 11) is 0. The molecule has 0 aromatic heterocycles. The lowest BCUT2D eigenvalue weighted by Crippen LogP contribution is -2.11. The Morgan fingerprint density at radius 2 is 1.61 bits per heavy atom. The van der Waals surface area contributed by atoms with E-state index in [-0.39, 0.29) is 17.6 Å². The van der Waals surface area contributed by atoms with E-state index in [4.69, 9.17) is 4.74 Å². The summed E-state index contributed by atoms with van der Waals surface area (Å²) in [6, 6.07) is 4.61. The van der Waals surface area contributed by atoms with Gasteiger partial charge in [0.25, 0.3) is 0 Å². The monoisotopic (exact) mass is 250 g/mol. The molecule has 0 spiro atoms. The van der Waals surface area contributed by atoms with Gasteiger partial charge in [0.05, 0.1) is 5.69 Å². The predicted molar refractivity (Wildman–Crippen MR) is 66.4 cm³/mol. The number of rotatable bonds is 3. The van der Waals surface area contributed by atoms with E-state index in [1.165, 1.54) is 26.8 Å². The van der Waals surface area contributed by atoms with Crippen LogP contribution in [0.4, 0.5) is 11.4 Å². The lowest BCUT2D eigenvalue weighted by atomic mass is 10.2. The van der Waals surface area contributed by atoms with Crippen LogP contribution in [0.25, 0.3) is 0 Å². The van der Waals surface area contributed by atoms with Crippen molar-refractivity contribution in [2.24, 2.45) is 0 Å². The molecule has 0 heterocycles. The van der Waals surface area contributed by atoms with Crippen LogP contribution in [0.2, 0.25) is 0 Å². The molecule has 0 unspecified atom stereocenters. The molecule has 0 bridgehead atoms. The van der Waals surface area contributed by atoms with Gasteiger partial charge in [-0.1, -0.05) is 0 Å². The maximum absolute atomic E-state index is 11.0. The standard InChI is InChI=1S/C12H14N2O4/c1-7(15)13-10-4-5-11(14-8(2)16)12(6-10)18-9(3)17/h4-6H,1-3H3,(H,13,15)(H,14,16). The van der Waals surface area contributed by atoms with Crippen molar-refractivity contribution < 1.29 is 19.1 Å². The van der Waals surface area contributed by atoms with Gasteiger partial charge in [0.2, 0.25) is 11.8 Å². The van der Waals surface area contributed by atoms with Crippen molar-refractivity contribution in [1.29, 1.82) is 0 Å². The van der Waals surface area contributed by atoms with Crippen molar-refractivity contribution in [2.75, 3.05) is 10.6 Å². The minimum absolute atomic E-state index is 0.184. The largest absolute Gasteiger partial charge is 0.424 e. The van der Waals surface area contributed by atoms with Crippen molar-refractivity contribution in [3.63, 3.8) is 0 Å². The van der Waals surface area contributed by atoms with Crippen LogP contribution in [0.3, 0.4) is 0 Å². The van der Waals surface area contributed by atoms with Crippen molar-refractivity contribution in [2.45, 2.75) is 20.8 Å². The summed E-state index contributed by atoms with van der Waals surface area (Å²) in [5, 5.41) is 5.09. The van der Waals surface area contributed by atoms with Gasteiger partial charge in [-0.3, -0.25) is 14.4 Å². The van der Waals surface area contributed by atoms with Gasteiger partial charge in [0.15, 0.2) is 5.75 Å². The summed E-state index contributed by atoms with van der Waals surface area (Å²) in [6.45, 7) is 3.97. The van der Waals surface area contributed by atoms with Crippen molar-refractivity contribution in [3.05, 3.63) is 18.2 Å². The molecule has 1 aromatic rings. The molecule has 0 atom stereocenters. The third kappa shape index (κ3) is 4.25. The SMILES string of the molecule is CC(=O)Nc1ccc(NC(C)=O)c(OC(C)=O)c1. The normalized spacial score (nSPS) is 9.50. The van der Waals surface area contributed by atoms with Crippen molar-refractivity contribution in [3.8, 4) is 5.75 Å². The van der Waals surface area contributed by atoms with Crippen LogP contribution in [0.1, 0.15) is 20.8 Å². The van der Waals surface area contributed by atoms with E-state index in [9.17, 15) is 14.4 Å². The first-order valence-corrected chi connectivity index (χ1v) is 5.26. The number of carbonyl (C=O) groups is 3. The number of carbonyl (C=O) groups excluding carboxylic acids is 3. The Morgan fingerprint density at radius 1 is 1.00 bits per heavy atom. The zero-order valence-corrected chi connectivity index (χ0v) is 10.4. The number of nitrogens with one attached hydrogen (secondary N) is 2. The highest BCUT2D eigenvalue weighted by Gasteiger charge is 2.09. The van der Waals surface area contributed by atoms with Gasteiger partial charge in [-0.15, -0.1) is 0 Å². The van der Waals surface area contributed by atoms with Crippen LogP contribution < -0.4 is 15.4 Å². The molecule has 0 aliphatic carbocycles. The Labute approximate surface area is 104 Å². The predicted octanol–water partition coefficient (Wildman–Crippen LogP) is 1.53. The number of esters is 1. The molecule has 6 heteroatoms. The molecule has 0 saturated carbocycles. The lowest BCUT2D eigenvalue weighted by Gasteiger charge is -2.11. The van der Waals surface area contributed by atoms with E-state index in [1.54, 1.807) is 12.1 Å². The summed E-state index contributed by atoms with van der Waals surface area (Å²) in [4.78, 5) is 32.9. The van der Waals surface area contributed by atoms with Gasteiger partial charge in [-0.25, -0.2) is 0 Å². The Kier molecular flexibility index (Phi) is 4.42. The highest BCUT2D eigenvalue weighted by Crippen LogP contribution is 2.28. The van der Waals surface area contributed by atoms with Crippen LogP contribution in [0.15, 0.2) is 18.2 Å². The second-order valence-corrected chi connectivity index (χ2v) is 3.67. The number of ether oxygens (including phenoxy) is 1. The van der Waals surface area contributed by atoms with Gasteiger partial charge < -0.3 is 15.4 Å². The molecular formula is C12H14N2O4. The quantitative estimate of drug-likeness (QED) is 0.629. The second kappa shape index (κ2) is 5.81. The van der Waals surface area contributed by atoms with Gasteiger partial charge in [0, 0.05) is 32.5 Å². The molecule has 0 fully saturated rings. The molecule has 6 nitrogen and oxygen atoms in total. The molecule has 1 rings (SSSR count). The molecule has 18 heavy (non-hydrogen) atoms. The Balaban J connectivity index is 3.06. The number of amides is 2. The average molecular weight is 250 g/mol. The minimum atomic E-state index is -0.512. The number of hydrogen-bond donors (Lipinski definition) is 2. The fourth-order valence-corrected chi connectivity index (χ4v) is 1.34. The Bertz CT molecular complexity index is 497. The maximum Gasteiger partial charge on any atom is 0.308 e. The van der Waals surface area contributed by atoms with Gasteiger partial charge in [-0.05, 0) is 12.1 Å². The Hall–Kier alpha value is -2.37. The number of anilines is 2. The van der Waals surface area contributed by atoms with Crippen LogP contribution in [-0.4, -0.2) is 17.8 Å². The fraction of sp³-hybridized carbons (Fsp3) is 0.250. The molecule has 2 amide bonds. The first-order chi connectivity index (χ1) is 8.38. The molecule has 2 N–H and O–H groups in total. The third-order valence-electron chi connectivity index (χ3n) is 1.87. The topological polar surface area (TPSA) is 84.5 Å². The van der Waals surface area contributed by atoms with Crippen LogP contribution in [-0.2, 0) is 14.4 Å². The van der Waals surface area contributed by atoms with E-state index in [2.05, 4.69) is 10.6 Å². The average Bonchev–Trinajstić information content (AvgIpc) is 2.19. The summed E-state index contributed by atoms with van der Waals surface area (Å²) < 4.78 is 4.96. The molecule has 0 aliphatic heterocycles. The maximum atomic E-state index is 11.0. The van der Waals surface area contributed by atoms with E-state index >= 15 is 0 Å². The van der Waals surface area contributed by atoms with Crippen molar-refractivity contribution >= 4 is 29.2 Å². The molecule has 96 valence electrons. The summed E-state index contributed by atoms with van der Waals surface area (Å²) in [6.07, 6.45) is 0. The highest BCUT2D eigenvalue weighted by molar-refractivity contribution is 5.93. The summed E-state index contributed by atoms with van der Waals surface area (Å²) in [5.74, 6) is -0.850. The van der Waals surface area contributed by atoms with Crippen molar-refractivity contribution in [1.82, 2.24) is 0 Å². The first kappa shape index (κ1) is 13.7. The van der Waals surface area contributed by atoms with Gasteiger partial charge in [-0.2, -0.15) is 0 Å². The van der Waals surface area contributed by atoms with E-state index < -0.39 is 5.97 Å². The van der Waals surface area contributed by atoms with E-state index in [0.717, 1.165) is 0 Å². The lowest BCUT2D eigenvalue weighted by molar-refractivity contribution is -0.131. The summed E-state index contributed by atoms with van der Waals surface area (Å²) in [5.41, 5.74) is 0.847. The third-order valence-corrected chi connectivity index (χ3v) is 1.87. The van der Waals surface area contributed by atoms with E-state index in [0.29, 0.717) is 11.4 Å². The number of hydrogen-bond acceptors (Lipinski definition) is 4. The van der Waals surface area contributed by atoms with Gasteiger partial charge >= 0.3 is 5.97 Å². The second-order valence-electron chi connectivity index (χ2n) is 3.67. The minimum Gasteiger partial charge on any atom is -0.424 e.